The number of hydrogen-bond donors (Lipinski definition) is 2. The van der Waals surface area contributed by atoms with E-state index in [1.54, 1.807) is 0 Å². The van der Waals surface area contributed by atoms with Gasteiger partial charge in [-0.1, -0.05) is 6.08 Å². The van der Waals surface area contributed by atoms with Gasteiger partial charge in [0.05, 0.1) is 12.1 Å². The smallest absolute Gasteiger partial charge is 0.0657 e. The minimum Gasteiger partial charge on any atom is -0.380 e. The van der Waals surface area contributed by atoms with E-state index in [0.29, 0.717) is 13.2 Å². The molecular formula is C9H20N2O. The second-order valence-electron chi connectivity index (χ2n) is 3.07. The predicted molar refractivity (Wildman–Crippen MR) is 52.2 cm³/mol. The largest absolute Gasteiger partial charge is 0.380 e. The SMILES string of the molecule is C=CCNC(C)(CN)COCC. The summed E-state index contributed by atoms with van der Waals surface area (Å²) in [7, 11) is 0. The summed E-state index contributed by atoms with van der Waals surface area (Å²) in [6.07, 6.45) is 1.82. The summed E-state index contributed by atoms with van der Waals surface area (Å²) in [5, 5.41) is 3.26. The second kappa shape index (κ2) is 6.17. The summed E-state index contributed by atoms with van der Waals surface area (Å²) >= 11 is 0. The molecule has 0 aliphatic rings. The highest BCUT2D eigenvalue weighted by Gasteiger charge is 2.20. The third kappa shape index (κ3) is 4.49. The monoisotopic (exact) mass is 172 g/mol. The van der Waals surface area contributed by atoms with Crippen molar-refractivity contribution >= 4 is 0 Å². The molecule has 3 N–H and O–H groups in total. The third-order valence-corrected chi connectivity index (χ3v) is 1.75. The van der Waals surface area contributed by atoms with Gasteiger partial charge in [0, 0.05) is 19.7 Å². The van der Waals surface area contributed by atoms with Crippen LogP contribution in [0.15, 0.2) is 12.7 Å². The summed E-state index contributed by atoms with van der Waals surface area (Å²) in [5.74, 6) is 0. The van der Waals surface area contributed by atoms with Crippen molar-refractivity contribution in [3.8, 4) is 0 Å². The Hall–Kier alpha value is -0.380. The van der Waals surface area contributed by atoms with Crippen molar-refractivity contribution in [3.05, 3.63) is 12.7 Å². The lowest BCUT2D eigenvalue weighted by molar-refractivity contribution is 0.0894. The lowest BCUT2D eigenvalue weighted by Crippen LogP contribution is -2.52. The molecule has 0 spiro atoms. The molecule has 0 rings (SSSR count). The topological polar surface area (TPSA) is 47.3 Å². The molecule has 0 aromatic rings. The molecule has 0 saturated carbocycles. The Labute approximate surface area is 75.0 Å². The maximum Gasteiger partial charge on any atom is 0.0657 e. The van der Waals surface area contributed by atoms with E-state index in [4.69, 9.17) is 10.5 Å². The van der Waals surface area contributed by atoms with Crippen LogP contribution in [0.3, 0.4) is 0 Å². The Bertz CT molecular complexity index is 128. The van der Waals surface area contributed by atoms with Crippen LogP contribution in [-0.2, 0) is 4.74 Å². The molecule has 3 nitrogen and oxygen atoms in total. The van der Waals surface area contributed by atoms with Crippen LogP contribution in [0, 0.1) is 0 Å². The molecule has 0 aromatic heterocycles. The third-order valence-electron chi connectivity index (χ3n) is 1.75. The van der Waals surface area contributed by atoms with Crippen molar-refractivity contribution in [2.24, 2.45) is 5.73 Å². The first kappa shape index (κ1) is 11.6. The zero-order chi connectivity index (χ0) is 9.45. The quantitative estimate of drug-likeness (QED) is 0.550. The Balaban J connectivity index is 3.77. The van der Waals surface area contributed by atoms with Crippen LogP contribution < -0.4 is 11.1 Å². The fourth-order valence-corrected chi connectivity index (χ4v) is 0.828. The van der Waals surface area contributed by atoms with Gasteiger partial charge in [-0.2, -0.15) is 0 Å². The minimum absolute atomic E-state index is 0.121. The molecule has 0 fully saturated rings. The van der Waals surface area contributed by atoms with Gasteiger partial charge in [0.1, 0.15) is 0 Å². The molecule has 3 heteroatoms. The molecule has 0 saturated heterocycles. The Morgan fingerprint density at radius 2 is 2.33 bits per heavy atom. The van der Waals surface area contributed by atoms with Gasteiger partial charge in [-0.3, -0.25) is 0 Å². The second-order valence-corrected chi connectivity index (χ2v) is 3.07. The van der Waals surface area contributed by atoms with Crippen molar-refractivity contribution in [3.63, 3.8) is 0 Å². The van der Waals surface area contributed by atoms with Gasteiger partial charge in [-0.05, 0) is 13.8 Å². The van der Waals surface area contributed by atoms with E-state index in [1.807, 2.05) is 19.9 Å². The Morgan fingerprint density at radius 3 is 2.75 bits per heavy atom. The summed E-state index contributed by atoms with van der Waals surface area (Å²) in [5.41, 5.74) is 5.49. The Morgan fingerprint density at radius 1 is 1.67 bits per heavy atom. The highest BCUT2D eigenvalue weighted by Crippen LogP contribution is 2.01. The summed E-state index contributed by atoms with van der Waals surface area (Å²) in [6.45, 7) is 10.4. The van der Waals surface area contributed by atoms with E-state index in [9.17, 15) is 0 Å². The minimum atomic E-state index is -0.121. The van der Waals surface area contributed by atoms with Gasteiger partial charge in [0.2, 0.25) is 0 Å². The lowest BCUT2D eigenvalue weighted by Gasteiger charge is -2.28. The number of nitrogens with one attached hydrogen (secondary N) is 1. The van der Waals surface area contributed by atoms with Gasteiger partial charge in [0.25, 0.3) is 0 Å². The molecule has 1 unspecified atom stereocenters. The highest BCUT2D eigenvalue weighted by molar-refractivity contribution is 4.87. The molecule has 0 bridgehead atoms. The van der Waals surface area contributed by atoms with E-state index in [2.05, 4.69) is 11.9 Å². The van der Waals surface area contributed by atoms with Crippen LogP contribution in [0.5, 0.6) is 0 Å². The van der Waals surface area contributed by atoms with E-state index in [0.717, 1.165) is 13.2 Å². The average Bonchev–Trinajstić information content (AvgIpc) is 2.11. The van der Waals surface area contributed by atoms with E-state index >= 15 is 0 Å². The first-order chi connectivity index (χ1) is 5.68. The molecule has 12 heavy (non-hydrogen) atoms. The van der Waals surface area contributed by atoms with Gasteiger partial charge in [-0.15, -0.1) is 6.58 Å². The fraction of sp³-hybridized carbons (Fsp3) is 0.778. The number of rotatable bonds is 7. The molecule has 0 heterocycles. The van der Waals surface area contributed by atoms with E-state index < -0.39 is 0 Å². The molecule has 0 radical (unpaired) electrons. The van der Waals surface area contributed by atoms with Crippen LogP contribution in [0.4, 0.5) is 0 Å². The van der Waals surface area contributed by atoms with Crippen LogP contribution >= 0.6 is 0 Å². The van der Waals surface area contributed by atoms with Gasteiger partial charge >= 0.3 is 0 Å². The van der Waals surface area contributed by atoms with Gasteiger partial charge < -0.3 is 15.8 Å². The van der Waals surface area contributed by atoms with Crippen molar-refractivity contribution in [2.75, 3.05) is 26.3 Å². The van der Waals surface area contributed by atoms with E-state index in [-0.39, 0.29) is 5.54 Å². The maximum atomic E-state index is 5.61. The zero-order valence-corrected chi connectivity index (χ0v) is 8.10. The molecule has 72 valence electrons. The van der Waals surface area contributed by atoms with Crippen LogP contribution in [0.2, 0.25) is 0 Å². The molecule has 0 amide bonds. The van der Waals surface area contributed by atoms with Crippen molar-refractivity contribution < 1.29 is 4.74 Å². The summed E-state index contributed by atoms with van der Waals surface area (Å²) in [6, 6.07) is 0. The number of hydrogen-bond acceptors (Lipinski definition) is 3. The first-order valence-corrected chi connectivity index (χ1v) is 4.32. The van der Waals surface area contributed by atoms with Crippen LogP contribution in [-0.4, -0.2) is 31.8 Å². The van der Waals surface area contributed by atoms with Crippen molar-refractivity contribution in [2.45, 2.75) is 19.4 Å². The fourth-order valence-electron chi connectivity index (χ4n) is 0.828. The molecule has 0 aliphatic heterocycles. The molecule has 0 aliphatic carbocycles. The average molecular weight is 172 g/mol. The van der Waals surface area contributed by atoms with Crippen molar-refractivity contribution in [1.29, 1.82) is 0 Å². The molecular weight excluding hydrogens is 152 g/mol. The summed E-state index contributed by atoms with van der Waals surface area (Å²) < 4.78 is 5.31. The van der Waals surface area contributed by atoms with Crippen LogP contribution in [0.1, 0.15) is 13.8 Å². The zero-order valence-electron chi connectivity index (χ0n) is 8.10. The predicted octanol–water partition coefficient (Wildman–Crippen LogP) is 0.516. The Kier molecular flexibility index (Phi) is 5.98. The first-order valence-electron chi connectivity index (χ1n) is 4.32. The van der Waals surface area contributed by atoms with E-state index in [1.165, 1.54) is 0 Å². The van der Waals surface area contributed by atoms with Crippen LogP contribution in [0.25, 0.3) is 0 Å². The lowest BCUT2D eigenvalue weighted by atomic mass is 10.0. The van der Waals surface area contributed by atoms with Gasteiger partial charge in [0.15, 0.2) is 0 Å². The molecule has 0 aromatic carbocycles. The highest BCUT2D eigenvalue weighted by atomic mass is 16.5. The number of nitrogens with two attached hydrogens (primary N) is 1. The number of ether oxygens (including phenoxy) is 1. The van der Waals surface area contributed by atoms with Crippen molar-refractivity contribution in [1.82, 2.24) is 5.32 Å². The standard InChI is InChI=1S/C9H20N2O/c1-4-6-11-9(3,7-10)8-12-5-2/h4,11H,1,5-8,10H2,2-3H3. The summed E-state index contributed by atoms with van der Waals surface area (Å²) in [4.78, 5) is 0. The maximum absolute atomic E-state index is 5.61. The normalized spacial score (nSPS) is 15.6. The molecule has 1 atom stereocenters. The van der Waals surface area contributed by atoms with Gasteiger partial charge in [-0.25, -0.2) is 0 Å².